The van der Waals surface area contributed by atoms with E-state index in [9.17, 15) is 8.42 Å². The highest BCUT2D eigenvalue weighted by Gasteiger charge is 2.07. The van der Waals surface area contributed by atoms with E-state index < -0.39 is 10.0 Å². The Morgan fingerprint density at radius 1 is 1.18 bits per heavy atom. The maximum Gasteiger partial charge on any atom is 0.211 e. The summed E-state index contributed by atoms with van der Waals surface area (Å²) in [7, 11) is -3.07. The van der Waals surface area contributed by atoms with E-state index in [0.29, 0.717) is 13.0 Å². The molecule has 0 fully saturated rings. The molecule has 1 aromatic rings. The molecule has 1 rings (SSSR count). The summed E-state index contributed by atoms with van der Waals surface area (Å²) in [6, 6.07) is 6.24. The molecule has 0 aliphatic carbocycles. The summed E-state index contributed by atoms with van der Waals surface area (Å²) in [5.74, 6) is 0.208. The number of aryl methyl sites for hydroxylation is 2. The summed E-state index contributed by atoms with van der Waals surface area (Å²) in [5, 5.41) is 0. The molecule has 0 amide bonds. The SMILES string of the molecule is CCCS(=O)(=O)NCCc1ccc(C)c(C)c1. The largest absolute Gasteiger partial charge is 0.215 e. The van der Waals surface area contributed by atoms with Crippen molar-refractivity contribution in [1.82, 2.24) is 4.72 Å². The zero-order chi connectivity index (χ0) is 12.9. The highest BCUT2D eigenvalue weighted by atomic mass is 32.2. The van der Waals surface area contributed by atoms with Crippen molar-refractivity contribution < 1.29 is 8.42 Å². The van der Waals surface area contributed by atoms with Crippen LogP contribution in [0.2, 0.25) is 0 Å². The van der Waals surface area contributed by atoms with Crippen molar-refractivity contribution in [3.8, 4) is 0 Å². The van der Waals surface area contributed by atoms with Gasteiger partial charge in [0, 0.05) is 6.54 Å². The predicted molar refractivity (Wildman–Crippen MR) is 71.7 cm³/mol. The van der Waals surface area contributed by atoms with Gasteiger partial charge in [0.05, 0.1) is 5.75 Å². The molecule has 3 nitrogen and oxygen atoms in total. The molecule has 0 aliphatic heterocycles. The normalized spacial score (nSPS) is 11.7. The van der Waals surface area contributed by atoms with Gasteiger partial charge in [-0.3, -0.25) is 0 Å². The number of nitrogens with one attached hydrogen (secondary N) is 1. The summed E-state index contributed by atoms with van der Waals surface area (Å²) < 4.78 is 25.5. The van der Waals surface area contributed by atoms with Crippen molar-refractivity contribution in [2.45, 2.75) is 33.6 Å². The van der Waals surface area contributed by atoms with Crippen LogP contribution in [0.5, 0.6) is 0 Å². The topological polar surface area (TPSA) is 46.2 Å². The molecule has 4 heteroatoms. The third-order valence-electron chi connectivity index (χ3n) is 2.78. The molecule has 17 heavy (non-hydrogen) atoms. The van der Waals surface area contributed by atoms with Crippen molar-refractivity contribution in [2.75, 3.05) is 12.3 Å². The number of hydrogen-bond acceptors (Lipinski definition) is 2. The van der Waals surface area contributed by atoms with Gasteiger partial charge in [0.2, 0.25) is 10.0 Å². The van der Waals surface area contributed by atoms with Crippen LogP contribution in [0, 0.1) is 13.8 Å². The van der Waals surface area contributed by atoms with Crippen LogP contribution in [0.1, 0.15) is 30.0 Å². The minimum absolute atomic E-state index is 0.208. The van der Waals surface area contributed by atoms with E-state index in [0.717, 1.165) is 6.42 Å². The third kappa shape index (κ3) is 4.88. The van der Waals surface area contributed by atoms with Crippen molar-refractivity contribution in [2.24, 2.45) is 0 Å². The van der Waals surface area contributed by atoms with E-state index in [1.54, 1.807) is 0 Å². The maximum atomic E-state index is 11.4. The van der Waals surface area contributed by atoms with Gasteiger partial charge < -0.3 is 0 Å². The van der Waals surface area contributed by atoms with Crippen LogP contribution in [0.25, 0.3) is 0 Å². The highest BCUT2D eigenvalue weighted by Crippen LogP contribution is 2.10. The minimum Gasteiger partial charge on any atom is -0.215 e. The van der Waals surface area contributed by atoms with Gasteiger partial charge in [0.1, 0.15) is 0 Å². The molecule has 0 spiro atoms. The van der Waals surface area contributed by atoms with Crippen LogP contribution in [0.15, 0.2) is 18.2 Å². The van der Waals surface area contributed by atoms with Crippen LogP contribution < -0.4 is 4.72 Å². The smallest absolute Gasteiger partial charge is 0.211 e. The summed E-state index contributed by atoms with van der Waals surface area (Å²) in [6.07, 6.45) is 1.39. The summed E-state index contributed by atoms with van der Waals surface area (Å²) in [5.41, 5.74) is 3.69. The Hall–Kier alpha value is -0.870. The Bertz CT molecular complexity index is 466. The van der Waals surface area contributed by atoms with Crippen LogP contribution in [0.3, 0.4) is 0 Å². The molecule has 0 unspecified atom stereocenters. The Morgan fingerprint density at radius 2 is 1.88 bits per heavy atom. The van der Waals surface area contributed by atoms with Gasteiger partial charge >= 0.3 is 0 Å². The first kappa shape index (κ1) is 14.2. The average molecular weight is 255 g/mol. The van der Waals surface area contributed by atoms with E-state index >= 15 is 0 Å². The van der Waals surface area contributed by atoms with Gasteiger partial charge in [0.25, 0.3) is 0 Å². The summed E-state index contributed by atoms with van der Waals surface area (Å²) >= 11 is 0. The average Bonchev–Trinajstić information content (AvgIpc) is 2.23. The fourth-order valence-corrected chi connectivity index (χ4v) is 2.75. The second kappa shape index (κ2) is 6.17. The molecular weight excluding hydrogens is 234 g/mol. The molecule has 0 bridgehead atoms. The molecule has 0 aromatic heterocycles. The molecule has 0 atom stereocenters. The third-order valence-corrected chi connectivity index (χ3v) is 4.37. The zero-order valence-corrected chi connectivity index (χ0v) is 11.6. The van der Waals surface area contributed by atoms with Gasteiger partial charge in [-0.15, -0.1) is 0 Å². The monoisotopic (exact) mass is 255 g/mol. The van der Waals surface area contributed by atoms with Gasteiger partial charge in [-0.1, -0.05) is 25.1 Å². The first-order chi connectivity index (χ1) is 7.94. The number of benzene rings is 1. The second-order valence-electron chi connectivity index (χ2n) is 4.38. The second-order valence-corrected chi connectivity index (χ2v) is 6.31. The highest BCUT2D eigenvalue weighted by molar-refractivity contribution is 7.89. The number of sulfonamides is 1. The van der Waals surface area contributed by atoms with Crippen LogP contribution in [0.4, 0.5) is 0 Å². The molecule has 0 saturated heterocycles. The molecule has 0 saturated carbocycles. The Balaban J connectivity index is 2.49. The number of hydrogen-bond donors (Lipinski definition) is 1. The lowest BCUT2D eigenvalue weighted by Gasteiger charge is -2.07. The Morgan fingerprint density at radius 3 is 2.47 bits per heavy atom. The lowest BCUT2D eigenvalue weighted by molar-refractivity contribution is 0.580. The minimum atomic E-state index is -3.07. The van der Waals surface area contributed by atoms with E-state index in [1.165, 1.54) is 16.7 Å². The van der Waals surface area contributed by atoms with E-state index in [4.69, 9.17) is 0 Å². The van der Waals surface area contributed by atoms with E-state index in [2.05, 4.69) is 36.8 Å². The molecule has 0 heterocycles. The first-order valence-electron chi connectivity index (χ1n) is 5.98. The quantitative estimate of drug-likeness (QED) is 0.847. The number of rotatable bonds is 6. The Kier molecular flexibility index (Phi) is 5.15. The van der Waals surface area contributed by atoms with Crippen LogP contribution in [-0.2, 0) is 16.4 Å². The van der Waals surface area contributed by atoms with Gasteiger partial charge in [0.15, 0.2) is 0 Å². The van der Waals surface area contributed by atoms with Crippen molar-refractivity contribution >= 4 is 10.0 Å². The molecule has 96 valence electrons. The van der Waals surface area contributed by atoms with E-state index in [-0.39, 0.29) is 5.75 Å². The fraction of sp³-hybridized carbons (Fsp3) is 0.538. The van der Waals surface area contributed by atoms with Crippen molar-refractivity contribution in [3.63, 3.8) is 0 Å². The van der Waals surface area contributed by atoms with Crippen LogP contribution in [-0.4, -0.2) is 20.7 Å². The van der Waals surface area contributed by atoms with Gasteiger partial charge in [-0.05, 0) is 43.4 Å². The lowest BCUT2D eigenvalue weighted by Crippen LogP contribution is -2.28. The van der Waals surface area contributed by atoms with Crippen LogP contribution >= 0.6 is 0 Å². The molecule has 1 N–H and O–H groups in total. The first-order valence-corrected chi connectivity index (χ1v) is 7.63. The molecule has 1 aromatic carbocycles. The fourth-order valence-electron chi connectivity index (χ4n) is 1.65. The van der Waals surface area contributed by atoms with Gasteiger partial charge in [-0.25, -0.2) is 13.1 Å². The summed E-state index contributed by atoms with van der Waals surface area (Å²) in [4.78, 5) is 0. The molecule has 0 radical (unpaired) electrons. The lowest BCUT2D eigenvalue weighted by atomic mass is 10.0. The predicted octanol–water partition coefficient (Wildman–Crippen LogP) is 2.18. The standard InChI is InChI=1S/C13H21NO2S/c1-4-9-17(15,16)14-8-7-13-6-5-11(2)12(3)10-13/h5-6,10,14H,4,7-9H2,1-3H3. The van der Waals surface area contributed by atoms with E-state index in [1.807, 2.05) is 6.92 Å². The van der Waals surface area contributed by atoms with Gasteiger partial charge in [-0.2, -0.15) is 0 Å². The zero-order valence-electron chi connectivity index (χ0n) is 10.8. The van der Waals surface area contributed by atoms with Crippen molar-refractivity contribution in [1.29, 1.82) is 0 Å². The Labute approximate surface area is 104 Å². The molecule has 0 aliphatic rings. The maximum absolute atomic E-state index is 11.4. The summed E-state index contributed by atoms with van der Waals surface area (Å²) in [6.45, 7) is 6.48. The molecular formula is C13H21NO2S. The van der Waals surface area contributed by atoms with Crippen molar-refractivity contribution in [3.05, 3.63) is 34.9 Å².